The van der Waals surface area contributed by atoms with Crippen LogP contribution in [0.5, 0.6) is 0 Å². The summed E-state index contributed by atoms with van der Waals surface area (Å²) in [5.74, 6) is -0.245. The Bertz CT molecular complexity index is 557. The second kappa shape index (κ2) is 6.51. The summed E-state index contributed by atoms with van der Waals surface area (Å²) in [6.45, 7) is 8.39. The highest BCUT2D eigenvalue weighted by Crippen LogP contribution is 2.38. The van der Waals surface area contributed by atoms with Gasteiger partial charge < -0.3 is 10.0 Å². The lowest BCUT2D eigenvalue weighted by atomic mass is 9.72. The molecule has 22 heavy (non-hydrogen) atoms. The highest BCUT2D eigenvalue weighted by Gasteiger charge is 2.34. The van der Waals surface area contributed by atoms with E-state index in [4.69, 9.17) is 5.11 Å². The van der Waals surface area contributed by atoms with E-state index in [0.717, 1.165) is 31.5 Å². The molecule has 1 aliphatic rings. The van der Waals surface area contributed by atoms with Gasteiger partial charge in [0.15, 0.2) is 0 Å². The normalized spacial score (nSPS) is 17.5. The third-order valence-electron chi connectivity index (χ3n) is 5.18. The number of hydrogen-bond donors (Lipinski definition) is 1. The van der Waals surface area contributed by atoms with Crippen LogP contribution in [-0.4, -0.2) is 35.0 Å². The van der Waals surface area contributed by atoms with Crippen LogP contribution in [0, 0.1) is 11.3 Å². The summed E-state index contributed by atoms with van der Waals surface area (Å²) in [6, 6.07) is 6.64. The number of carboxylic acid groups (broad SMARTS) is 1. The molecule has 0 aliphatic carbocycles. The molecule has 1 N–H and O–H groups in total. The van der Waals surface area contributed by atoms with Crippen LogP contribution in [-0.2, 0) is 11.2 Å². The zero-order valence-electron chi connectivity index (χ0n) is 13.6. The van der Waals surface area contributed by atoms with Gasteiger partial charge in [-0.05, 0) is 41.9 Å². The minimum atomic E-state index is -0.958. The third kappa shape index (κ3) is 3.67. The second-order valence-corrected chi connectivity index (χ2v) is 6.87. The lowest BCUT2D eigenvalue weighted by Crippen LogP contribution is -2.44. The number of carbonyl (C=O) groups is 2. The first kappa shape index (κ1) is 16.5. The van der Waals surface area contributed by atoms with E-state index in [1.54, 1.807) is 18.2 Å². The van der Waals surface area contributed by atoms with E-state index in [-0.39, 0.29) is 17.9 Å². The van der Waals surface area contributed by atoms with E-state index in [2.05, 4.69) is 20.8 Å². The average molecular weight is 303 g/mol. The molecule has 0 bridgehead atoms. The largest absolute Gasteiger partial charge is 0.478 e. The first-order valence-electron chi connectivity index (χ1n) is 7.92. The molecule has 2 rings (SSSR count). The average Bonchev–Trinajstić information content (AvgIpc) is 2.48. The Morgan fingerprint density at radius 1 is 1.27 bits per heavy atom. The zero-order valence-corrected chi connectivity index (χ0v) is 13.6. The molecule has 0 saturated carbocycles. The van der Waals surface area contributed by atoms with Crippen LogP contribution >= 0.6 is 0 Å². The van der Waals surface area contributed by atoms with Gasteiger partial charge in [0.05, 0.1) is 12.0 Å². The van der Waals surface area contributed by atoms with Crippen molar-refractivity contribution >= 4 is 11.9 Å². The Morgan fingerprint density at radius 3 is 2.45 bits per heavy atom. The van der Waals surface area contributed by atoms with Crippen molar-refractivity contribution in [1.29, 1.82) is 0 Å². The number of piperidine rings is 1. The van der Waals surface area contributed by atoms with E-state index in [1.807, 2.05) is 11.0 Å². The zero-order chi connectivity index (χ0) is 16.3. The van der Waals surface area contributed by atoms with E-state index < -0.39 is 5.97 Å². The molecule has 4 heteroatoms. The van der Waals surface area contributed by atoms with Gasteiger partial charge in [0.1, 0.15) is 0 Å². The molecule has 120 valence electrons. The first-order chi connectivity index (χ1) is 10.3. The van der Waals surface area contributed by atoms with Crippen molar-refractivity contribution in [3.63, 3.8) is 0 Å². The Kier molecular flexibility index (Phi) is 4.89. The minimum absolute atomic E-state index is 0.0911. The molecular formula is C18H25NO3. The van der Waals surface area contributed by atoms with Crippen LogP contribution in [0.1, 0.15) is 49.5 Å². The van der Waals surface area contributed by atoms with Crippen LogP contribution in [0.15, 0.2) is 24.3 Å². The molecule has 0 atom stereocenters. The van der Waals surface area contributed by atoms with Gasteiger partial charge in [-0.2, -0.15) is 0 Å². The molecule has 0 unspecified atom stereocenters. The highest BCUT2D eigenvalue weighted by molar-refractivity contribution is 5.88. The summed E-state index contributed by atoms with van der Waals surface area (Å²) in [6.07, 6.45) is 2.34. The van der Waals surface area contributed by atoms with Crippen LogP contribution in [0.3, 0.4) is 0 Å². The molecule has 1 aromatic rings. The number of benzene rings is 1. The second-order valence-electron chi connectivity index (χ2n) is 6.87. The molecule has 1 saturated heterocycles. The van der Waals surface area contributed by atoms with Gasteiger partial charge in [0.2, 0.25) is 5.91 Å². The van der Waals surface area contributed by atoms with Crippen LogP contribution in [0.25, 0.3) is 0 Å². The van der Waals surface area contributed by atoms with Crippen molar-refractivity contribution in [2.75, 3.05) is 13.1 Å². The Labute approximate surface area is 132 Å². The van der Waals surface area contributed by atoms with Gasteiger partial charge >= 0.3 is 5.97 Å². The van der Waals surface area contributed by atoms with E-state index in [1.165, 1.54) is 0 Å². The summed E-state index contributed by atoms with van der Waals surface area (Å²) in [4.78, 5) is 25.3. The number of nitrogens with zero attached hydrogens (tertiary/aromatic N) is 1. The fourth-order valence-corrected chi connectivity index (χ4v) is 2.95. The molecule has 1 heterocycles. The van der Waals surface area contributed by atoms with Gasteiger partial charge in [-0.15, -0.1) is 0 Å². The maximum absolute atomic E-state index is 12.4. The lowest BCUT2D eigenvalue weighted by molar-refractivity contribution is -0.133. The summed E-state index contributed by atoms with van der Waals surface area (Å²) < 4.78 is 0. The maximum atomic E-state index is 12.4. The molecule has 1 aliphatic heterocycles. The summed E-state index contributed by atoms with van der Waals surface area (Å²) >= 11 is 0. The molecule has 1 fully saturated rings. The number of rotatable bonds is 4. The number of carbonyl (C=O) groups excluding carboxylic acids is 1. The van der Waals surface area contributed by atoms with Crippen LogP contribution in [0.4, 0.5) is 0 Å². The third-order valence-corrected chi connectivity index (χ3v) is 5.18. The maximum Gasteiger partial charge on any atom is 0.335 e. The smallest absolute Gasteiger partial charge is 0.335 e. The molecule has 0 spiro atoms. The number of likely N-dealkylation sites (tertiary alicyclic amines) is 1. The topological polar surface area (TPSA) is 57.6 Å². The Morgan fingerprint density at radius 2 is 1.91 bits per heavy atom. The van der Waals surface area contributed by atoms with Crippen molar-refractivity contribution in [3.8, 4) is 0 Å². The molecule has 0 aromatic heterocycles. The lowest BCUT2D eigenvalue weighted by Gasteiger charge is -2.42. The fourth-order valence-electron chi connectivity index (χ4n) is 2.95. The van der Waals surface area contributed by atoms with Gasteiger partial charge in [0, 0.05) is 13.1 Å². The summed E-state index contributed by atoms with van der Waals surface area (Å²) in [5, 5.41) is 9.01. The molecule has 0 radical (unpaired) electrons. The first-order valence-corrected chi connectivity index (χ1v) is 7.92. The van der Waals surface area contributed by atoms with E-state index in [0.29, 0.717) is 11.3 Å². The molecule has 4 nitrogen and oxygen atoms in total. The molecule has 1 aromatic carbocycles. The predicted octanol–water partition coefficient (Wildman–Crippen LogP) is 3.21. The molecular weight excluding hydrogens is 278 g/mol. The van der Waals surface area contributed by atoms with Gasteiger partial charge in [-0.25, -0.2) is 4.79 Å². The van der Waals surface area contributed by atoms with Crippen molar-refractivity contribution < 1.29 is 14.7 Å². The SMILES string of the molecule is CC(C)C1(C)CCN(C(=O)Cc2cccc(C(=O)O)c2)CC1. The monoisotopic (exact) mass is 303 g/mol. The summed E-state index contributed by atoms with van der Waals surface area (Å²) in [7, 11) is 0. The van der Waals surface area contributed by atoms with Crippen LogP contribution in [0.2, 0.25) is 0 Å². The van der Waals surface area contributed by atoms with Gasteiger partial charge in [-0.3, -0.25) is 4.79 Å². The van der Waals surface area contributed by atoms with Crippen LogP contribution < -0.4 is 0 Å². The Balaban J connectivity index is 1.97. The van der Waals surface area contributed by atoms with Crippen molar-refractivity contribution in [1.82, 2.24) is 4.90 Å². The quantitative estimate of drug-likeness (QED) is 0.929. The fraction of sp³-hybridized carbons (Fsp3) is 0.556. The van der Waals surface area contributed by atoms with E-state index in [9.17, 15) is 9.59 Å². The van der Waals surface area contributed by atoms with Crippen molar-refractivity contribution in [3.05, 3.63) is 35.4 Å². The Hall–Kier alpha value is -1.84. The van der Waals surface area contributed by atoms with Crippen molar-refractivity contribution in [2.24, 2.45) is 11.3 Å². The number of aromatic carboxylic acids is 1. The molecule has 1 amide bonds. The van der Waals surface area contributed by atoms with Gasteiger partial charge in [0.25, 0.3) is 0 Å². The summed E-state index contributed by atoms with van der Waals surface area (Å²) in [5.41, 5.74) is 1.32. The minimum Gasteiger partial charge on any atom is -0.478 e. The number of hydrogen-bond acceptors (Lipinski definition) is 2. The standard InChI is InChI=1S/C18H25NO3/c1-13(2)18(3)7-9-19(10-8-18)16(20)12-14-5-4-6-15(11-14)17(21)22/h4-6,11,13H,7-10,12H2,1-3H3,(H,21,22). The number of amides is 1. The van der Waals surface area contributed by atoms with Crippen molar-refractivity contribution in [2.45, 2.75) is 40.0 Å². The predicted molar refractivity (Wildman–Crippen MR) is 85.9 cm³/mol. The highest BCUT2D eigenvalue weighted by atomic mass is 16.4. The van der Waals surface area contributed by atoms with Gasteiger partial charge in [-0.1, -0.05) is 32.9 Å². The number of carboxylic acids is 1. The van der Waals surface area contributed by atoms with E-state index >= 15 is 0 Å².